The van der Waals surface area contributed by atoms with Gasteiger partial charge < -0.3 is 15.7 Å². The fraction of sp³-hybridized carbons (Fsp3) is 0.440. The van der Waals surface area contributed by atoms with Crippen LogP contribution in [-0.4, -0.2) is 33.5 Å². The number of anilines is 1. The van der Waals surface area contributed by atoms with Gasteiger partial charge in [-0.1, -0.05) is 18.7 Å². The van der Waals surface area contributed by atoms with Crippen molar-refractivity contribution in [3.63, 3.8) is 0 Å². The van der Waals surface area contributed by atoms with Crippen LogP contribution in [-0.2, 0) is 16.0 Å². The molecule has 0 aliphatic heterocycles. The van der Waals surface area contributed by atoms with Crippen molar-refractivity contribution in [3.8, 4) is 0 Å². The molecule has 3 aliphatic carbocycles. The second-order valence-corrected chi connectivity index (χ2v) is 9.51. The van der Waals surface area contributed by atoms with Crippen molar-refractivity contribution in [1.82, 2.24) is 15.3 Å². The number of amides is 1. The molecule has 8 heteroatoms. The lowest BCUT2D eigenvalue weighted by molar-refractivity contribution is -0.158. The van der Waals surface area contributed by atoms with Gasteiger partial charge in [0, 0.05) is 12.6 Å². The largest absolute Gasteiger partial charge is 0.481 e. The molecular formula is C25H29FN4O3. The molecule has 2 bridgehead atoms. The number of carbonyl (C=O) groups excluding carboxylic acids is 1. The average molecular weight is 453 g/mol. The van der Waals surface area contributed by atoms with Crippen LogP contribution in [0, 0.1) is 23.6 Å². The third kappa shape index (κ3) is 4.89. The summed E-state index contributed by atoms with van der Waals surface area (Å²) in [5.74, 6) is -0.841. The molecule has 5 rings (SSSR count). The summed E-state index contributed by atoms with van der Waals surface area (Å²) in [6.45, 7) is 6.47. The zero-order valence-electron chi connectivity index (χ0n) is 18.8. The number of aliphatic carboxylic acids is 1. The maximum absolute atomic E-state index is 13.4. The highest BCUT2D eigenvalue weighted by Gasteiger charge is 2.52. The van der Waals surface area contributed by atoms with Crippen molar-refractivity contribution >= 4 is 23.4 Å². The van der Waals surface area contributed by atoms with Gasteiger partial charge in [0.05, 0.1) is 23.2 Å². The summed E-state index contributed by atoms with van der Waals surface area (Å²) in [7, 11) is 0. The van der Waals surface area contributed by atoms with E-state index in [-0.39, 0.29) is 23.6 Å². The Morgan fingerprint density at radius 3 is 2.45 bits per heavy atom. The number of carboxylic acids is 1. The van der Waals surface area contributed by atoms with E-state index in [0.29, 0.717) is 22.8 Å². The van der Waals surface area contributed by atoms with Gasteiger partial charge in [0.15, 0.2) is 0 Å². The standard InChI is InChI=1S/C25H29FN4O3/c1-16-11-18(3-4-19(16)26)12-22(31)30-21-13-20(28-15-29-21)17(2)27-14-24-5-8-25(9-6-24,10-7-24)23(32)33/h3-4,11,13,15,27H,2,5-10,12,14H2,1H3,(H,32,33)(H,28,29,30,31). The van der Waals surface area contributed by atoms with Crippen molar-refractivity contribution in [1.29, 1.82) is 0 Å². The predicted octanol–water partition coefficient (Wildman–Crippen LogP) is 4.09. The Labute approximate surface area is 192 Å². The predicted molar refractivity (Wildman–Crippen MR) is 123 cm³/mol. The van der Waals surface area contributed by atoms with Gasteiger partial charge in [-0.05, 0) is 68.1 Å². The topological polar surface area (TPSA) is 104 Å². The van der Waals surface area contributed by atoms with Gasteiger partial charge in [-0.25, -0.2) is 14.4 Å². The summed E-state index contributed by atoms with van der Waals surface area (Å²) < 4.78 is 13.4. The number of aryl methyl sites for hydroxylation is 1. The second kappa shape index (κ2) is 8.92. The first-order chi connectivity index (χ1) is 15.7. The molecule has 0 unspecified atom stereocenters. The fourth-order valence-electron chi connectivity index (χ4n) is 5.01. The molecule has 2 aromatic rings. The summed E-state index contributed by atoms with van der Waals surface area (Å²) in [4.78, 5) is 32.4. The number of carbonyl (C=O) groups is 2. The number of hydrogen-bond acceptors (Lipinski definition) is 5. The Morgan fingerprint density at radius 2 is 1.82 bits per heavy atom. The van der Waals surface area contributed by atoms with Crippen LogP contribution in [0.1, 0.15) is 55.3 Å². The van der Waals surface area contributed by atoms with Crippen molar-refractivity contribution in [2.24, 2.45) is 10.8 Å². The maximum Gasteiger partial charge on any atom is 0.309 e. The van der Waals surface area contributed by atoms with Gasteiger partial charge >= 0.3 is 5.97 Å². The molecule has 3 saturated carbocycles. The first-order valence-corrected chi connectivity index (χ1v) is 11.2. The smallest absolute Gasteiger partial charge is 0.309 e. The number of halogens is 1. The minimum atomic E-state index is -0.654. The summed E-state index contributed by atoms with van der Waals surface area (Å²) in [5.41, 5.74) is 2.01. The van der Waals surface area contributed by atoms with E-state index in [0.717, 1.165) is 50.6 Å². The van der Waals surface area contributed by atoms with Crippen LogP contribution in [0.25, 0.3) is 5.70 Å². The van der Waals surface area contributed by atoms with Gasteiger partial charge in [-0.2, -0.15) is 0 Å². The number of hydrogen-bond donors (Lipinski definition) is 3. The minimum Gasteiger partial charge on any atom is -0.481 e. The molecule has 3 fully saturated rings. The van der Waals surface area contributed by atoms with Crippen LogP contribution in [0.2, 0.25) is 0 Å². The van der Waals surface area contributed by atoms with E-state index in [2.05, 4.69) is 27.2 Å². The van der Waals surface area contributed by atoms with E-state index in [1.54, 1.807) is 25.1 Å². The number of fused-ring (bicyclic) bond motifs is 3. The SMILES string of the molecule is C=C(NCC12CCC(C(=O)O)(CC1)CC2)c1cc(NC(=O)Cc2ccc(F)c(C)c2)ncn1. The molecule has 3 aliphatic rings. The minimum absolute atomic E-state index is 0.0947. The Balaban J connectivity index is 1.33. The molecular weight excluding hydrogens is 423 g/mol. The molecule has 7 nitrogen and oxygen atoms in total. The molecule has 0 atom stereocenters. The normalized spacial score (nSPS) is 23.7. The van der Waals surface area contributed by atoms with E-state index < -0.39 is 11.4 Å². The zero-order chi connectivity index (χ0) is 23.6. The van der Waals surface area contributed by atoms with Gasteiger partial charge in [0.2, 0.25) is 5.91 Å². The number of carboxylic acid groups (broad SMARTS) is 1. The van der Waals surface area contributed by atoms with E-state index in [1.165, 1.54) is 12.4 Å². The third-order valence-electron chi connectivity index (χ3n) is 7.36. The highest BCUT2D eigenvalue weighted by atomic mass is 19.1. The van der Waals surface area contributed by atoms with Gasteiger partial charge in [-0.3, -0.25) is 9.59 Å². The number of rotatable bonds is 8. The maximum atomic E-state index is 13.4. The molecule has 33 heavy (non-hydrogen) atoms. The van der Waals surface area contributed by atoms with Crippen LogP contribution in [0.3, 0.4) is 0 Å². The van der Waals surface area contributed by atoms with E-state index >= 15 is 0 Å². The summed E-state index contributed by atoms with van der Waals surface area (Å²) in [6, 6.07) is 6.27. The Hall–Kier alpha value is -3.29. The zero-order valence-corrected chi connectivity index (χ0v) is 18.8. The van der Waals surface area contributed by atoms with Crippen LogP contribution in [0.4, 0.5) is 10.2 Å². The Morgan fingerprint density at radius 1 is 1.12 bits per heavy atom. The van der Waals surface area contributed by atoms with Crippen LogP contribution < -0.4 is 10.6 Å². The fourth-order valence-corrected chi connectivity index (χ4v) is 5.01. The highest BCUT2D eigenvalue weighted by molar-refractivity contribution is 5.91. The monoisotopic (exact) mass is 452 g/mol. The first kappa shape index (κ1) is 22.9. The molecule has 174 valence electrons. The molecule has 0 saturated heterocycles. The summed E-state index contributed by atoms with van der Waals surface area (Å²) >= 11 is 0. The van der Waals surface area contributed by atoms with E-state index in [1.807, 2.05) is 0 Å². The number of aromatic nitrogens is 2. The Kier molecular flexibility index (Phi) is 6.19. The van der Waals surface area contributed by atoms with Gasteiger partial charge in [0.1, 0.15) is 18.0 Å². The summed E-state index contributed by atoms with van der Waals surface area (Å²) in [6.07, 6.45) is 6.37. The van der Waals surface area contributed by atoms with Crippen LogP contribution in [0.15, 0.2) is 37.2 Å². The second-order valence-electron chi connectivity index (χ2n) is 9.51. The molecule has 3 N–H and O–H groups in total. The molecule has 1 amide bonds. The quantitative estimate of drug-likeness (QED) is 0.557. The lowest BCUT2D eigenvalue weighted by atomic mass is 9.53. The van der Waals surface area contributed by atoms with E-state index in [4.69, 9.17) is 0 Å². The third-order valence-corrected chi connectivity index (χ3v) is 7.36. The van der Waals surface area contributed by atoms with Crippen LogP contribution >= 0.6 is 0 Å². The average Bonchev–Trinajstić information content (AvgIpc) is 2.81. The number of nitrogens with zero attached hydrogens (tertiary/aromatic N) is 2. The molecule has 0 radical (unpaired) electrons. The lowest BCUT2D eigenvalue weighted by Gasteiger charge is -2.51. The molecule has 1 aromatic carbocycles. The number of nitrogens with one attached hydrogen (secondary N) is 2. The number of benzene rings is 1. The van der Waals surface area contributed by atoms with Gasteiger partial charge in [-0.15, -0.1) is 0 Å². The van der Waals surface area contributed by atoms with Crippen molar-refractivity contribution in [2.75, 3.05) is 11.9 Å². The molecule has 1 aromatic heterocycles. The first-order valence-electron chi connectivity index (χ1n) is 11.2. The van der Waals surface area contributed by atoms with Crippen molar-refractivity contribution < 1.29 is 19.1 Å². The van der Waals surface area contributed by atoms with Crippen molar-refractivity contribution in [3.05, 3.63) is 59.8 Å². The van der Waals surface area contributed by atoms with Crippen LogP contribution in [0.5, 0.6) is 0 Å². The van der Waals surface area contributed by atoms with Crippen molar-refractivity contribution in [2.45, 2.75) is 51.9 Å². The van der Waals surface area contributed by atoms with Gasteiger partial charge in [0.25, 0.3) is 0 Å². The molecule has 0 spiro atoms. The van der Waals surface area contributed by atoms with E-state index in [9.17, 15) is 19.1 Å². The lowest BCUT2D eigenvalue weighted by Crippen LogP contribution is -2.49. The summed E-state index contributed by atoms with van der Waals surface area (Å²) in [5, 5.41) is 15.7. The highest BCUT2D eigenvalue weighted by Crippen LogP contribution is 2.56. The molecule has 1 heterocycles. The Bertz CT molecular complexity index is 1080.